The number of anilines is 1. The molecule has 0 aliphatic heterocycles. The minimum absolute atomic E-state index is 0.292. The Hall–Kier alpha value is -2.78. The molecule has 0 saturated carbocycles. The topological polar surface area (TPSA) is 89.3 Å². The van der Waals surface area contributed by atoms with Gasteiger partial charge in [-0.15, -0.1) is 11.3 Å². The number of nitrogens with zero attached hydrogens (tertiary/aromatic N) is 2. The average Bonchev–Trinajstić information content (AvgIpc) is 3.33. The van der Waals surface area contributed by atoms with Gasteiger partial charge in [-0.3, -0.25) is 0 Å². The van der Waals surface area contributed by atoms with Crippen molar-refractivity contribution >= 4 is 40.3 Å². The van der Waals surface area contributed by atoms with Gasteiger partial charge in [0.15, 0.2) is 5.11 Å². The zero-order valence-electron chi connectivity index (χ0n) is 14.8. The highest BCUT2D eigenvalue weighted by Crippen LogP contribution is 2.21. The molecule has 2 aromatic heterocycles. The van der Waals surface area contributed by atoms with Crippen molar-refractivity contribution in [2.75, 3.05) is 11.9 Å². The molecule has 0 amide bonds. The molecular formula is C18H18N4O3S2. The second-order valence-corrected chi connectivity index (χ2v) is 6.85. The Morgan fingerprint density at radius 2 is 2.19 bits per heavy atom. The summed E-state index contributed by atoms with van der Waals surface area (Å²) in [5.74, 6) is 0.627. The Labute approximate surface area is 165 Å². The monoisotopic (exact) mass is 402 g/mol. The van der Waals surface area contributed by atoms with Gasteiger partial charge in [-0.25, -0.2) is 4.79 Å². The van der Waals surface area contributed by atoms with Gasteiger partial charge in [-0.05, 0) is 55.2 Å². The van der Waals surface area contributed by atoms with E-state index in [4.69, 9.17) is 21.5 Å². The van der Waals surface area contributed by atoms with Gasteiger partial charge in [0.05, 0.1) is 23.6 Å². The Bertz CT molecular complexity index is 938. The van der Waals surface area contributed by atoms with Crippen LogP contribution in [0.1, 0.15) is 28.7 Å². The first-order chi connectivity index (χ1) is 13.1. The SMILES string of the molecule is CCOC(=O)c1cccc(NC(=S)NCc2nc(-c3cccs3)no2)c1C. The van der Waals surface area contributed by atoms with Crippen molar-refractivity contribution in [3.8, 4) is 10.7 Å². The van der Waals surface area contributed by atoms with Crippen LogP contribution in [-0.4, -0.2) is 27.8 Å². The molecule has 0 atom stereocenters. The molecule has 1 aromatic carbocycles. The van der Waals surface area contributed by atoms with Crippen LogP contribution < -0.4 is 10.6 Å². The molecule has 0 aliphatic carbocycles. The van der Waals surface area contributed by atoms with Crippen LogP contribution in [0, 0.1) is 6.92 Å². The van der Waals surface area contributed by atoms with E-state index in [0.29, 0.717) is 35.5 Å². The van der Waals surface area contributed by atoms with Crippen LogP contribution in [0.4, 0.5) is 5.69 Å². The van der Waals surface area contributed by atoms with Gasteiger partial charge in [0.1, 0.15) is 0 Å². The predicted molar refractivity (Wildman–Crippen MR) is 108 cm³/mol. The summed E-state index contributed by atoms with van der Waals surface area (Å²) in [7, 11) is 0. The number of hydrogen-bond donors (Lipinski definition) is 2. The normalized spacial score (nSPS) is 10.4. The summed E-state index contributed by atoms with van der Waals surface area (Å²) in [6.45, 7) is 4.23. The van der Waals surface area contributed by atoms with Crippen molar-refractivity contribution < 1.29 is 14.1 Å². The van der Waals surface area contributed by atoms with Crippen LogP contribution in [0.25, 0.3) is 10.7 Å². The molecule has 27 heavy (non-hydrogen) atoms. The first-order valence-corrected chi connectivity index (χ1v) is 9.55. The smallest absolute Gasteiger partial charge is 0.338 e. The standard InChI is InChI=1S/C18H18N4O3S2/c1-3-24-17(23)12-6-4-7-13(11(12)2)20-18(26)19-10-15-21-16(22-25-15)14-8-5-9-27-14/h4-9H,3,10H2,1-2H3,(H2,19,20,26). The zero-order valence-corrected chi connectivity index (χ0v) is 16.4. The highest BCUT2D eigenvalue weighted by atomic mass is 32.1. The summed E-state index contributed by atoms with van der Waals surface area (Å²) in [4.78, 5) is 17.3. The summed E-state index contributed by atoms with van der Waals surface area (Å²) in [5.41, 5.74) is 1.99. The zero-order chi connectivity index (χ0) is 19.2. The Morgan fingerprint density at radius 1 is 1.33 bits per heavy atom. The fraction of sp³-hybridized carbons (Fsp3) is 0.222. The van der Waals surface area contributed by atoms with Gasteiger partial charge in [0.2, 0.25) is 11.7 Å². The molecule has 2 N–H and O–H groups in total. The number of thiocarbonyl (C=S) groups is 1. The van der Waals surface area contributed by atoms with Gasteiger partial charge in [0, 0.05) is 5.69 Å². The third-order valence-electron chi connectivity index (χ3n) is 3.69. The van der Waals surface area contributed by atoms with Crippen LogP contribution in [0.15, 0.2) is 40.2 Å². The Kier molecular flexibility index (Phi) is 6.15. The van der Waals surface area contributed by atoms with E-state index >= 15 is 0 Å². The summed E-state index contributed by atoms with van der Waals surface area (Å²) in [5, 5.41) is 12.4. The Morgan fingerprint density at radius 3 is 2.93 bits per heavy atom. The molecule has 0 aliphatic rings. The lowest BCUT2D eigenvalue weighted by molar-refractivity contribution is 0.0525. The van der Waals surface area contributed by atoms with Crippen molar-refractivity contribution in [3.05, 3.63) is 52.7 Å². The molecule has 0 fully saturated rings. The highest BCUT2D eigenvalue weighted by Gasteiger charge is 2.14. The molecule has 140 valence electrons. The van der Waals surface area contributed by atoms with Crippen molar-refractivity contribution in [2.24, 2.45) is 0 Å². The highest BCUT2D eigenvalue weighted by molar-refractivity contribution is 7.80. The maximum Gasteiger partial charge on any atom is 0.338 e. The van der Waals surface area contributed by atoms with E-state index in [1.807, 2.05) is 30.5 Å². The first kappa shape index (κ1) is 19.0. The van der Waals surface area contributed by atoms with Crippen LogP contribution >= 0.6 is 23.6 Å². The molecule has 9 heteroatoms. The van der Waals surface area contributed by atoms with Crippen molar-refractivity contribution in [3.63, 3.8) is 0 Å². The Balaban J connectivity index is 1.60. The van der Waals surface area contributed by atoms with Crippen molar-refractivity contribution in [2.45, 2.75) is 20.4 Å². The van der Waals surface area contributed by atoms with E-state index in [-0.39, 0.29) is 5.97 Å². The largest absolute Gasteiger partial charge is 0.462 e. The quantitative estimate of drug-likeness (QED) is 0.476. The second-order valence-electron chi connectivity index (χ2n) is 5.50. The van der Waals surface area contributed by atoms with Crippen molar-refractivity contribution in [1.29, 1.82) is 0 Å². The maximum atomic E-state index is 12.0. The fourth-order valence-electron chi connectivity index (χ4n) is 2.36. The van der Waals surface area contributed by atoms with Crippen LogP contribution in [0.3, 0.4) is 0 Å². The van der Waals surface area contributed by atoms with Gasteiger partial charge in [-0.2, -0.15) is 4.98 Å². The molecule has 0 spiro atoms. The third-order valence-corrected chi connectivity index (χ3v) is 4.80. The number of carbonyl (C=O) groups is 1. The second kappa shape index (κ2) is 8.74. The first-order valence-electron chi connectivity index (χ1n) is 8.26. The number of ether oxygens (including phenoxy) is 1. The molecule has 3 aromatic rings. The van der Waals surface area contributed by atoms with E-state index in [1.165, 1.54) is 0 Å². The number of nitrogens with one attached hydrogen (secondary N) is 2. The third kappa shape index (κ3) is 4.69. The maximum absolute atomic E-state index is 12.0. The summed E-state index contributed by atoms with van der Waals surface area (Å²) in [6, 6.07) is 9.20. The van der Waals surface area contributed by atoms with Crippen LogP contribution in [0.5, 0.6) is 0 Å². The molecule has 7 nitrogen and oxygen atoms in total. The van der Waals surface area contributed by atoms with E-state index in [9.17, 15) is 4.79 Å². The minimum Gasteiger partial charge on any atom is -0.462 e. The van der Waals surface area contributed by atoms with E-state index < -0.39 is 0 Å². The number of esters is 1. The predicted octanol–water partition coefficient (Wildman–Crippen LogP) is 3.77. The number of rotatable bonds is 6. The summed E-state index contributed by atoms with van der Waals surface area (Å²) in [6.07, 6.45) is 0. The van der Waals surface area contributed by atoms with E-state index in [2.05, 4.69) is 20.8 Å². The lowest BCUT2D eigenvalue weighted by Crippen LogP contribution is -2.28. The molecule has 2 heterocycles. The molecule has 0 saturated heterocycles. The van der Waals surface area contributed by atoms with Crippen molar-refractivity contribution in [1.82, 2.24) is 15.5 Å². The lowest BCUT2D eigenvalue weighted by atomic mass is 10.1. The molecule has 0 radical (unpaired) electrons. The summed E-state index contributed by atoms with van der Waals surface area (Å²) < 4.78 is 10.3. The number of carbonyl (C=O) groups excluding carboxylic acids is 1. The number of aromatic nitrogens is 2. The minimum atomic E-state index is -0.357. The lowest BCUT2D eigenvalue weighted by Gasteiger charge is -2.13. The van der Waals surface area contributed by atoms with Gasteiger partial charge in [-0.1, -0.05) is 17.3 Å². The van der Waals surface area contributed by atoms with Crippen LogP contribution in [-0.2, 0) is 11.3 Å². The molecule has 0 unspecified atom stereocenters. The fourth-order valence-corrected chi connectivity index (χ4v) is 3.19. The number of benzene rings is 1. The molecule has 0 bridgehead atoms. The number of hydrogen-bond acceptors (Lipinski definition) is 7. The molecule has 3 rings (SSSR count). The summed E-state index contributed by atoms with van der Waals surface area (Å²) >= 11 is 6.86. The van der Waals surface area contributed by atoms with Gasteiger partial charge in [0.25, 0.3) is 0 Å². The van der Waals surface area contributed by atoms with Crippen LogP contribution in [0.2, 0.25) is 0 Å². The molecular weight excluding hydrogens is 384 g/mol. The average molecular weight is 403 g/mol. The van der Waals surface area contributed by atoms with E-state index in [0.717, 1.165) is 16.1 Å². The van der Waals surface area contributed by atoms with Gasteiger partial charge < -0.3 is 19.9 Å². The number of thiophene rings is 1. The van der Waals surface area contributed by atoms with Gasteiger partial charge >= 0.3 is 5.97 Å². The van der Waals surface area contributed by atoms with E-state index in [1.54, 1.807) is 30.4 Å².